The maximum absolute atomic E-state index is 12.9. The Hall–Kier alpha value is -0.220. The third-order valence-electron chi connectivity index (χ3n) is 2.18. The largest absolute Gasteiger partial charge is 0.544 e. The molecule has 1 aliphatic heterocycles. The van der Waals surface area contributed by atoms with Crippen LogP contribution in [0.15, 0.2) is 0 Å². The summed E-state index contributed by atoms with van der Waals surface area (Å²) in [7, 11) is 3.09. The summed E-state index contributed by atoms with van der Waals surface area (Å²) >= 11 is 0. The van der Waals surface area contributed by atoms with Crippen molar-refractivity contribution in [2.24, 2.45) is 0 Å². The quantitative estimate of drug-likeness (QED) is 0.370. The molecule has 1 fully saturated rings. The lowest BCUT2D eigenvalue weighted by Gasteiger charge is -2.31. The van der Waals surface area contributed by atoms with Gasteiger partial charge in [0, 0.05) is 6.42 Å². The summed E-state index contributed by atoms with van der Waals surface area (Å²) in [6, 6.07) is 0. The van der Waals surface area contributed by atoms with E-state index in [1.54, 1.807) is 14.1 Å². The third-order valence-corrected chi connectivity index (χ3v) is 2.18. The lowest BCUT2D eigenvalue weighted by atomic mass is 10.3. The Labute approximate surface area is 59.4 Å². The van der Waals surface area contributed by atoms with Gasteiger partial charge >= 0.3 is 6.17 Å². The normalized spacial score (nSPS) is 39.6. The number of nitrogens with one attached hydrogen (secondary N) is 2. The SMILES string of the molecule is C[NH+]1CCC[NH+](C)C1(F)F. The van der Waals surface area contributed by atoms with E-state index in [4.69, 9.17) is 0 Å². The second-order valence-electron chi connectivity index (χ2n) is 2.99. The third kappa shape index (κ3) is 1.13. The van der Waals surface area contributed by atoms with Crippen LogP contribution < -0.4 is 9.80 Å². The Kier molecular flexibility index (Phi) is 1.92. The molecule has 0 aromatic heterocycles. The molecule has 0 aromatic rings. The second-order valence-corrected chi connectivity index (χ2v) is 2.99. The summed E-state index contributed by atoms with van der Waals surface area (Å²) in [6.07, 6.45) is -1.68. The van der Waals surface area contributed by atoms with Gasteiger partial charge < -0.3 is 0 Å². The zero-order valence-electron chi connectivity index (χ0n) is 6.38. The van der Waals surface area contributed by atoms with Crippen molar-refractivity contribution in [1.29, 1.82) is 0 Å². The van der Waals surface area contributed by atoms with Crippen molar-refractivity contribution < 1.29 is 18.6 Å². The van der Waals surface area contributed by atoms with E-state index in [0.717, 1.165) is 6.42 Å². The first kappa shape index (κ1) is 7.88. The number of hydrogen-bond donors (Lipinski definition) is 2. The zero-order valence-corrected chi connectivity index (χ0v) is 6.38. The van der Waals surface area contributed by atoms with Crippen LogP contribution in [0, 0.1) is 0 Å². The van der Waals surface area contributed by atoms with Gasteiger partial charge in [0.15, 0.2) is 0 Å². The Morgan fingerprint density at radius 3 is 1.80 bits per heavy atom. The van der Waals surface area contributed by atoms with E-state index in [1.807, 2.05) is 0 Å². The van der Waals surface area contributed by atoms with Gasteiger partial charge in [-0.1, -0.05) is 8.78 Å². The van der Waals surface area contributed by atoms with Crippen LogP contribution in [0.4, 0.5) is 8.78 Å². The van der Waals surface area contributed by atoms with Crippen LogP contribution >= 0.6 is 0 Å². The number of alkyl halides is 2. The Morgan fingerprint density at radius 1 is 1.10 bits per heavy atom. The van der Waals surface area contributed by atoms with E-state index in [9.17, 15) is 8.78 Å². The first-order chi connectivity index (χ1) is 4.55. The fourth-order valence-electron chi connectivity index (χ4n) is 1.30. The average Bonchev–Trinajstić information content (AvgIpc) is 1.84. The van der Waals surface area contributed by atoms with Crippen molar-refractivity contribution in [1.82, 2.24) is 0 Å². The molecule has 2 N–H and O–H groups in total. The molecule has 0 bridgehead atoms. The van der Waals surface area contributed by atoms with E-state index < -0.39 is 6.17 Å². The van der Waals surface area contributed by atoms with Crippen LogP contribution in [0.25, 0.3) is 0 Å². The van der Waals surface area contributed by atoms with Gasteiger partial charge in [-0.05, 0) is 0 Å². The standard InChI is InChI=1S/C6H12F2N2/c1-9-4-3-5-10(2)6(9,7)8/h3-5H2,1-2H3/p+2. The van der Waals surface area contributed by atoms with Gasteiger partial charge in [0.2, 0.25) is 0 Å². The van der Waals surface area contributed by atoms with Crippen molar-refractivity contribution in [3.63, 3.8) is 0 Å². The first-order valence-electron chi connectivity index (χ1n) is 3.59. The van der Waals surface area contributed by atoms with E-state index in [1.165, 1.54) is 0 Å². The minimum absolute atomic E-state index is 0.330. The van der Waals surface area contributed by atoms with Crippen LogP contribution in [0.1, 0.15) is 6.42 Å². The highest BCUT2D eigenvalue weighted by Crippen LogP contribution is 1.94. The lowest BCUT2D eigenvalue weighted by Crippen LogP contribution is -3.39. The molecule has 1 heterocycles. The van der Waals surface area contributed by atoms with Crippen molar-refractivity contribution in [2.45, 2.75) is 12.6 Å². The fourth-order valence-corrected chi connectivity index (χ4v) is 1.30. The predicted molar refractivity (Wildman–Crippen MR) is 33.1 cm³/mol. The number of hydrogen-bond acceptors (Lipinski definition) is 0. The zero-order chi connectivity index (χ0) is 7.78. The molecular formula is C6H14F2N2+2. The molecule has 0 radical (unpaired) electrons. The van der Waals surface area contributed by atoms with Gasteiger partial charge in [0.1, 0.15) is 0 Å². The molecule has 2 unspecified atom stereocenters. The maximum Gasteiger partial charge on any atom is 0.544 e. The van der Waals surface area contributed by atoms with Crippen LogP contribution in [0.5, 0.6) is 0 Å². The molecule has 0 aromatic carbocycles. The lowest BCUT2D eigenvalue weighted by molar-refractivity contribution is -1.20. The molecule has 2 atom stereocenters. The molecule has 60 valence electrons. The van der Waals surface area contributed by atoms with E-state index in [-0.39, 0.29) is 0 Å². The summed E-state index contributed by atoms with van der Waals surface area (Å²) < 4.78 is 25.8. The van der Waals surface area contributed by atoms with Crippen molar-refractivity contribution in [3.05, 3.63) is 0 Å². The Balaban J connectivity index is 2.63. The number of quaternary nitrogens is 2. The highest BCUT2D eigenvalue weighted by molar-refractivity contribution is 4.38. The minimum Gasteiger partial charge on any atom is -0.222 e. The Bertz CT molecular complexity index is 115. The molecule has 0 saturated carbocycles. The highest BCUT2D eigenvalue weighted by atomic mass is 19.3. The van der Waals surface area contributed by atoms with E-state index >= 15 is 0 Å². The smallest absolute Gasteiger partial charge is 0.222 e. The van der Waals surface area contributed by atoms with Gasteiger partial charge in [-0.2, -0.15) is 0 Å². The predicted octanol–water partition coefficient (Wildman–Crippen LogP) is -2.03. The maximum atomic E-state index is 12.9. The molecular weight excluding hydrogens is 138 g/mol. The van der Waals surface area contributed by atoms with Gasteiger partial charge in [-0.15, -0.1) is 0 Å². The number of rotatable bonds is 0. The van der Waals surface area contributed by atoms with Gasteiger partial charge in [-0.3, -0.25) is 0 Å². The summed E-state index contributed by atoms with van der Waals surface area (Å²) in [4.78, 5) is 0.660. The van der Waals surface area contributed by atoms with Crippen LogP contribution in [0.3, 0.4) is 0 Å². The minimum atomic E-state index is -2.57. The Morgan fingerprint density at radius 2 is 1.50 bits per heavy atom. The summed E-state index contributed by atoms with van der Waals surface area (Å²) in [5.41, 5.74) is 0. The first-order valence-corrected chi connectivity index (χ1v) is 3.59. The van der Waals surface area contributed by atoms with Crippen LogP contribution in [-0.2, 0) is 0 Å². The molecule has 0 amide bonds. The topological polar surface area (TPSA) is 8.88 Å². The summed E-state index contributed by atoms with van der Waals surface area (Å²) in [6.45, 7) is 1.18. The molecule has 1 aliphatic rings. The summed E-state index contributed by atoms with van der Waals surface area (Å²) in [5, 5.41) is 0. The fraction of sp³-hybridized carbons (Fsp3) is 1.00. The molecule has 1 rings (SSSR count). The number of halogens is 2. The molecule has 10 heavy (non-hydrogen) atoms. The van der Waals surface area contributed by atoms with Crippen LogP contribution in [0.2, 0.25) is 0 Å². The van der Waals surface area contributed by atoms with E-state index in [0.29, 0.717) is 22.9 Å². The average molecular weight is 152 g/mol. The molecule has 4 heteroatoms. The van der Waals surface area contributed by atoms with Crippen molar-refractivity contribution in [3.8, 4) is 0 Å². The van der Waals surface area contributed by atoms with Crippen LogP contribution in [-0.4, -0.2) is 33.4 Å². The molecule has 0 spiro atoms. The highest BCUT2D eigenvalue weighted by Gasteiger charge is 2.51. The van der Waals surface area contributed by atoms with Gasteiger partial charge in [-0.25, -0.2) is 9.80 Å². The van der Waals surface area contributed by atoms with Crippen molar-refractivity contribution >= 4 is 0 Å². The molecule has 2 nitrogen and oxygen atoms in total. The summed E-state index contributed by atoms with van der Waals surface area (Å²) in [5.74, 6) is 0. The van der Waals surface area contributed by atoms with E-state index in [2.05, 4.69) is 0 Å². The van der Waals surface area contributed by atoms with Gasteiger partial charge in [0.25, 0.3) is 0 Å². The molecule has 1 saturated heterocycles. The van der Waals surface area contributed by atoms with Gasteiger partial charge in [0.05, 0.1) is 27.2 Å². The monoisotopic (exact) mass is 152 g/mol. The second kappa shape index (κ2) is 2.43. The van der Waals surface area contributed by atoms with Crippen molar-refractivity contribution in [2.75, 3.05) is 27.2 Å². The molecule has 0 aliphatic carbocycles.